The molecule has 2 aromatic heterocycles. The molecule has 4 heteroatoms. The molecule has 0 spiro atoms. The van der Waals surface area contributed by atoms with Crippen LogP contribution in [0.5, 0.6) is 0 Å². The first-order valence-electron chi connectivity index (χ1n) is 7.65. The standard InChI is InChI=1S/C16H23N3O/c1-13-5-2-3-10-19(13)11-4-8-17-16-14-7-12-20-15(14)6-9-18-16/h6-7,9,12-13H,2-5,8,10-11H2,1H3,(H,17,18). The van der Waals surface area contributed by atoms with Crippen LogP contribution in [0.25, 0.3) is 11.0 Å². The number of likely N-dealkylation sites (tertiary alicyclic amines) is 1. The molecule has 1 atom stereocenters. The summed E-state index contributed by atoms with van der Waals surface area (Å²) in [5.74, 6) is 0.933. The van der Waals surface area contributed by atoms with Crippen molar-refractivity contribution in [2.75, 3.05) is 25.0 Å². The SMILES string of the molecule is CC1CCCCN1CCCNc1nccc2occc12. The maximum absolute atomic E-state index is 5.39. The van der Waals surface area contributed by atoms with E-state index in [2.05, 4.69) is 22.1 Å². The molecule has 0 amide bonds. The minimum atomic E-state index is 0.749. The van der Waals surface area contributed by atoms with E-state index in [-0.39, 0.29) is 0 Å². The van der Waals surface area contributed by atoms with Gasteiger partial charge in [0.15, 0.2) is 0 Å². The number of aromatic nitrogens is 1. The number of nitrogens with zero attached hydrogens (tertiary/aromatic N) is 2. The molecule has 1 unspecified atom stereocenters. The van der Waals surface area contributed by atoms with Crippen molar-refractivity contribution in [3.8, 4) is 0 Å². The lowest BCUT2D eigenvalue weighted by molar-refractivity contribution is 0.160. The largest absolute Gasteiger partial charge is 0.464 e. The molecular formula is C16H23N3O. The maximum Gasteiger partial charge on any atom is 0.139 e. The molecule has 0 aliphatic carbocycles. The van der Waals surface area contributed by atoms with Crippen LogP contribution >= 0.6 is 0 Å². The van der Waals surface area contributed by atoms with E-state index in [1.165, 1.54) is 32.4 Å². The van der Waals surface area contributed by atoms with Gasteiger partial charge in [-0.25, -0.2) is 4.98 Å². The van der Waals surface area contributed by atoms with Gasteiger partial charge in [0.05, 0.1) is 11.6 Å². The zero-order valence-electron chi connectivity index (χ0n) is 12.1. The number of fused-ring (bicyclic) bond motifs is 1. The van der Waals surface area contributed by atoms with Gasteiger partial charge in [0.25, 0.3) is 0 Å². The van der Waals surface area contributed by atoms with Gasteiger partial charge < -0.3 is 14.6 Å². The number of nitrogens with one attached hydrogen (secondary N) is 1. The van der Waals surface area contributed by atoms with Gasteiger partial charge in [-0.3, -0.25) is 0 Å². The fourth-order valence-corrected chi connectivity index (χ4v) is 3.01. The molecule has 1 saturated heterocycles. The summed E-state index contributed by atoms with van der Waals surface area (Å²) in [6.45, 7) is 5.74. The Balaban J connectivity index is 1.49. The third-order valence-electron chi connectivity index (χ3n) is 4.23. The Hall–Kier alpha value is -1.55. The van der Waals surface area contributed by atoms with Crippen molar-refractivity contribution in [3.05, 3.63) is 24.6 Å². The van der Waals surface area contributed by atoms with E-state index in [0.717, 1.165) is 35.8 Å². The predicted octanol–water partition coefficient (Wildman–Crippen LogP) is 3.50. The highest BCUT2D eigenvalue weighted by Gasteiger charge is 2.17. The Kier molecular flexibility index (Phi) is 4.21. The van der Waals surface area contributed by atoms with Crippen LogP contribution in [0.15, 0.2) is 29.0 Å². The van der Waals surface area contributed by atoms with Crippen LogP contribution in [-0.4, -0.2) is 35.6 Å². The average Bonchev–Trinajstić information content (AvgIpc) is 2.94. The van der Waals surface area contributed by atoms with Crippen LogP contribution < -0.4 is 5.32 Å². The summed E-state index contributed by atoms with van der Waals surface area (Å²) in [7, 11) is 0. The van der Waals surface area contributed by atoms with Gasteiger partial charge in [0.2, 0.25) is 0 Å². The summed E-state index contributed by atoms with van der Waals surface area (Å²) in [5.41, 5.74) is 0.896. The van der Waals surface area contributed by atoms with Crippen molar-refractivity contribution in [1.82, 2.24) is 9.88 Å². The quantitative estimate of drug-likeness (QED) is 0.846. The summed E-state index contributed by atoms with van der Waals surface area (Å²) in [4.78, 5) is 7.00. The second kappa shape index (κ2) is 6.27. The average molecular weight is 273 g/mol. The molecule has 1 N–H and O–H groups in total. The third kappa shape index (κ3) is 2.96. The number of pyridine rings is 1. The Labute approximate surface area is 120 Å². The van der Waals surface area contributed by atoms with Gasteiger partial charge in [0, 0.05) is 25.3 Å². The van der Waals surface area contributed by atoms with E-state index < -0.39 is 0 Å². The molecule has 108 valence electrons. The first kappa shape index (κ1) is 13.4. The van der Waals surface area contributed by atoms with E-state index in [9.17, 15) is 0 Å². The Bertz CT molecular complexity index is 551. The smallest absolute Gasteiger partial charge is 0.139 e. The molecular weight excluding hydrogens is 250 g/mol. The van der Waals surface area contributed by atoms with Crippen LogP contribution in [-0.2, 0) is 0 Å². The first-order valence-corrected chi connectivity index (χ1v) is 7.65. The van der Waals surface area contributed by atoms with Gasteiger partial charge in [-0.15, -0.1) is 0 Å². The summed E-state index contributed by atoms with van der Waals surface area (Å²) in [6.07, 6.45) is 8.76. The van der Waals surface area contributed by atoms with Crippen molar-refractivity contribution in [3.63, 3.8) is 0 Å². The topological polar surface area (TPSA) is 41.3 Å². The van der Waals surface area contributed by atoms with E-state index in [1.54, 1.807) is 12.5 Å². The molecule has 0 radical (unpaired) electrons. The second-order valence-corrected chi connectivity index (χ2v) is 5.65. The Morgan fingerprint density at radius 3 is 3.25 bits per heavy atom. The van der Waals surface area contributed by atoms with Gasteiger partial charge in [-0.2, -0.15) is 0 Å². The number of furan rings is 1. The van der Waals surface area contributed by atoms with Crippen molar-refractivity contribution in [1.29, 1.82) is 0 Å². The predicted molar refractivity (Wildman–Crippen MR) is 82.0 cm³/mol. The molecule has 0 saturated carbocycles. The summed E-state index contributed by atoms with van der Waals surface area (Å²) in [5, 5.41) is 4.50. The molecule has 2 aromatic rings. The molecule has 0 bridgehead atoms. The number of anilines is 1. The van der Waals surface area contributed by atoms with E-state index in [4.69, 9.17) is 4.42 Å². The minimum absolute atomic E-state index is 0.749. The third-order valence-corrected chi connectivity index (χ3v) is 4.23. The molecule has 3 rings (SSSR count). The molecule has 3 heterocycles. The van der Waals surface area contributed by atoms with E-state index in [0.29, 0.717) is 0 Å². The van der Waals surface area contributed by atoms with Gasteiger partial charge in [-0.1, -0.05) is 6.42 Å². The van der Waals surface area contributed by atoms with Crippen LogP contribution in [0.1, 0.15) is 32.6 Å². The lowest BCUT2D eigenvalue weighted by atomic mass is 10.0. The Morgan fingerprint density at radius 2 is 2.35 bits per heavy atom. The van der Waals surface area contributed by atoms with Crippen LogP contribution in [0, 0.1) is 0 Å². The zero-order valence-corrected chi connectivity index (χ0v) is 12.1. The molecule has 0 aromatic carbocycles. The van der Waals surface area contributed by atoms with Crippen molar-refractivity contribution < 1.29 is 4.42 Å². The zero-order chi connectivity index (χ0) is 13.8. The fourth-order valence-electron chi connectivity index (χ4n) is 3.01. The van der Waals surface area contributed by atoms with E-state index >= 15 is 0 Å². The highest BCUT2D eigenvalue weighted by atomic mass is 16.3. The molecule has 4 nitrogen and oxygen atoms in total. The monoisotopic (exact) mass is 273 g/mol. The molecule has 1 aliphatic heterocycles. The minimum Gasteiger partial charge on any atom is -0.464 e. The van der Waals surface area contributed by atoms with Crippen LogP contribution in [0.2, 0.25) is 0 Å². The summed E-state index contributed by atoms with van der Waals surface area (Å²) < 4.78 is 5.39. The Morgan fingerprint density at radius 1 is 1.40 bits per heavy atom. The highest BCUT2D eigenvalue weighted by molar-refractivity contribution is 5.87. The number of rotatable bonds is 5. The van der Waals surface area contributed by atoms with Gasteiger partial charge in [-0.05, 0) is 44.9 Å². The van der Waals surface area contributed by atoms with Crippen molar-refractivity contribution >= 4 is 16.8 Å². The van der Waals surface area contributed by atoms with Crippen molar-refractivity contribution in [2.24, 2.45) is 0 Å². The lowest BCUT2D eigenvalue weighted by Crippen LogP contribution is -2.38. The van der Waals surface area contributed by atoms with Gasteiger partial charge >= 0.3 is 0 Å². The van der Waals surface area contributed by atoms with Crippen LogP contribution in [0.3, 0.4) is 0 Å². The maximum atomic E-state index is 5.39. The van der Waals surface area contributed by atoms with Crippen molar-refractivity contribution in [2.45, 2.75) is 38.6 Å². The molecule has 20 heavy (non-hydrogen) atoms. The first-order chi connectivity index (χ1) is 9.84. The van der Waals surface area contributed by atoms with Gasteiger partial charge in [0.1, 0.15) is 11.4 Å². The normalized spacial score (nSPS) is 20.4. The number of hydrogen-bond acceptors (Lipinski definition) is 4. The highest BCUT2D eigenvalue weighted by Crippen LogP contribution is 2.21. The number of piperidine rings is 1. The molecule has 1 aliphatic rings. The number of hydrogen-bond donors (Lipinski definition) is 1. The molecule has 1 fully saturated rings. The van der Waals surface area contributed by atoms with Crippen LogP contribution in [0.4, 0.5) is 5.82 Å². The lowest BCUT2D eigenvalue weighted by Gasteiger charge is -2.33. The summed E-state index contributed by atoms with van der Waals surface area (Å²) in [6, 6.07) is 4.62. The fraction of sp³-hybridized carbons (Fsp3) is 0.562. The second-order valence-electron chi connectivity index (χ2n) is 5.65. The van der Waals surface area contributed by atoms with E-state index in [1.807, 2.05) is 12.1 Å². The summed E-state index contributed by atoms with van der Waals surface area (Å²) >= 11 is 0.